The van der Waals surface area contributed by atoms with E-state index in [1.807, 2.05) is 0 Å². The Morgan fingerprint density at radius 3 is 2.08 bits per heavy atom. The lowest BCUT2D eigenvalue weighted by molar-refractivity contribution is 0.0990. The largest absolute Gasteiger partial charge is 0.363 e. The third kappa shape index (κ3) is 4.17. The monoisotopic (exact) mass is 180 g/mol. The molecular formula is C8H12N4O. The van der Waals surface area contributed by atoms with Crippen LogP contribution in [0.25, 0.3) is 0 Å². The molecule has 1 aromatic heterocycles. The summed E-state index contributed by atoms with van der Waals surface area (Å²) in [6.45, 7) is 0. The Kier molecular flexibility index (Phi) is 3.33. The van der Waals surface area contributed by atoms with E-state index in [4.69, 9.17) is 11.5 Å². The number of hydrogen-bond acceptors (Lipinski definition) is 4. The number of carbonyl (C=O) groups is 1. The van der Waals surface area contributed by atoms with E-state index in [-0.39, 0.29) is 5.82 Å². The first kappa shape index (κ1) is 9.60. The minimum absolute atomic E-state index is 0.0532. The average molecular weight is 180 g/mol. The van der Waals surface area contributed by atoms with Crippen molar-refractivity contribution >= 4 is 5.91 Å². The summed E-state index contributed by atoms with van der Waals surface area (Å²) in [5, 5.41) is 0. The highest BCUT2D eigenvalue weighted by molar-refractivity contribution is 5.88. The molecule has 0 radical (unpaired) electrons. The van der Waals surface area contributed by atoms with Gasteiger partial charge in [0.05, 0.1) is 0 Å². The third-order valence-electron chi connectivity index (χ3n) is 1.41. The summed E-state index contributed by atoms with van der Waals surface area (Å²) in [4.78, 5) is 17.5. The van der Waals surface area contributed by atoms with Gasteiger partial charge in [0.15, 0.2) is 0 Å². The molecule has 0 unspecified atom stereocenters. The van der Waals surface area contributed by atoms with Gasteiger partial charge in [-0.2, -0.15) is 0 Å². The van der Waals surface area contributed by atoms with E-state index in [1.165, 1.54) is 25.2 Å². The number of aromatic nitrogens is 2. The molecule has 70 valence electrons. The van der Waals surface area contributed by atoms with Crippen molar-refractivity contribution in [3.05, 3.63) is 24.3 Å². The number of nitrogens with two attached hydrogens (primary N) is 2. The predicted molar refractivity (Wildman–Crippen MR) is 47.8 cm³/mol. The Balaban J connectivity index is 0.000000175. The molecule has 1 saturated carbocycles. The SMILES string of the molecule is NC(=O)c1ncccn1.NC1CC1. The number of amides is 1. The van der Waals surface area contributed by atoms with Crippen molar-refractivity contribution in [2.75, 3.05) is 0 Å². The molecule has 0 bridgehead atoms. The Bertz CT molecular complexity index is 271. The van der Waals surface area contributed by atoms with Gasteiger partial charge in [0.1, 0.15) is 0 Å². The lowest BCUT2D eigenvalue weighted by Gasteiger charge is -1.87. The van der Waals surface area contributed by atoms with Crippen molar-refractivity contribution in [3.63, 3.8) is 0 Å². The van der Waals surface area contributed by atoms with Crippen molar-refractivity contribution in [2.45, 2.75) is 18.9 Å². The smallest absolute Gasteiger partial charge is 0.286 e. The van der Waals surface area contributed by atoms with Crippen molar-refractivity contribution in [3.8, 4) is 0 Å². The number of hydrogen-bond donors (Lipinski definition) is 2. The molecule has 1 heterocycles. The average Bonchev–Trinajstić information content (AvgIpc) is 2.90. The van der Waals surface area contributed by atoms with Crippen LogP contribution < -0.4 is 11.5 Å². The highest BCUT2D eigenvalue weighted by atomic mass is 16.1. The van der Waals surface area contributed by atoms with E-state index in [0.29, 0.717) is 6.04 Å². The van der Waals surface area contributed by atoms with Crippen LogP contribution in [0.3, 0.4) is 0 Å². The Morgan fingerprint density at radius 2 is 1.85 bits per heavy atom. The van der Waals surface area contributed by atoms with E-state index < -0.39 is 5.91 Å². The fourth-order valence-corrected chi connectivity index (χ4v) is 0.523. The summed E-state index contributed by atoms with van der Waals surface area (Å²) in [7, 11) is 0. The van der Waals surface area contributed by atoms with Gasteiger partial charge in [-0.1, -0.05) is 0 Å². The zero-order valence-electron chi connectivity index (χ0n) is 7.18. The molecule has 0 aliphatic heterocycles. The van der Waals surface area contributed by atoms with Crippen molar-refractivity contribution in [2.24, 2.45) is 11.5 Å². The van der Waals surface area contributed by atoms with E-state index in [0.717, 1.165) is 0 Å². The van der Waals surface area contributed by atoms with Crippen LogP contribution in [-0.4, -0.2) is 21.9 Å². The fourth-order valence-electron chi connectivity index (χ4n) is 0.523. The van der Waals surface area contributed by atoms with Gasteiger partial charge in [0.25, 0.3) is 5.91 Å². The summed E-state index contributed by atoms with van der Waals surface area (Å²) < 4.78 is 0. The molecule has 5 heteroatoms. The molecule has 1 amide bonds. The molecule has 0 saturated heterocycles. The predicted octanol–water partition coefficient (Wildman–Crippen LogP) is -0.317. The van der Waals surface area contributed by atoms with Crippen LogP contribution in [0.5, 0.6) is 0 Å². The van der Waals surface area contributed by atoms with E-state index >= 15 is 0 Å². The molecule has 0 spiro atoms. The number of carbonyl (C=O) groups excluding carboxylic acids is 1. The van der Waals surface area contributed by atoms with Crippen LogP contribution >= 0.6 is 0 Å². The van der Waals surface area contributed by atoms with E-state index in [2.05, 4.69) is 9.97 Å². The topological polar surface area (TPSA) is 94.9 Å². The fraction of sp³-hybridized carbons (Fsp3) is 0.375. The molecule has 1 fully saturated rings. The van der Waals surface area contributed by atoms with E-state index in [1.54, 1.807) is 6.07 Å². The maximum Gasteiger partial charge on any atom is 0.286 e. The molecule has 0 aromatic carbocycles. The van der Waals surface area contributed by atoms with Crippen LogP contribution in [0.1, 0.15) is 23.5 Å². The molecule has 13 heavy (non-hydrogen) atoms. The highest BCUT2D eigenvalue weighted by Crippen LogP contribution is 2.13. The van der Waals surface area contributed by atoms with Crippen molar-refractivity contribution in [1.29, 1.82) is 0 Å². The molecule has 1 aliphatic carbocycles. The summed E-state index contributed by atoms with van der Waals surface area (Å²) in [5.74, 6) is -0.548. The highest BCUT2D eigenvalue weighted by Gasteiger charge is 2.13. The van der Waals surface area contributed by atoms with E-state index in [9.17, 15) is 4.79 Å². The van der Waals surface area contributed by atoms with Crippen LogP contribution in [0.4, 0.5) is 0 Å². The standard InChI is InChI=1S/C5H5N3O.C3H7N/c6-4(9)5-7-2-1-3-8-5;4-3-1-2-3/h1-3H,(H2,6,9);3H,1-2,4H2. The first-order valence-corrected chi connectivity index (χ1v) is 4.02. The van der Waals surface area contributed by atoms with Crippen LogP contribution in [0, 0.1) is 0 Å². The van der Waals surface area contributed by atoms with Gasteiger partial charge in [-0.15, -0.1) is 0 Å². The van der Waals surface area contributed by atoms with Gasteiger partial charge in [-0.3, -0.25) is 4.79 Å². The molecule has 0 atom stereocenters. The number of nitrogens with zero attached hydrogens (tertiary/aromatic N) is 2. The lowest BCUT2D eigenvalue weighted by atomic mass is 10.5. The minimum Gasteiger partial charge on any atom is -0.363 e. The zero-order chi connectivity index (χ0) is 9.68. The molecular weight excluding hydrogens is 168 g/mol. The van der Waals surface area contributed by atoms with Gasteiger partial charge in [-0.05, 0) is 18.9 Å². The quantitative estimate of drug-likeness (QED) is 0.619. The normalized spacial score (nSPS) is 14.2. The zero-order valence-corrected chi connectivity index (χ0v) is 7.18. The van der Waals surface area contributed by atoms with Gasteiger partial charge < -0.3 is 11.5 Å². The van der Waals surface area contributed by atoms with Crippen LogP contribution in [-0.2, 0) is 0 Å². The van der Waals surface area contributed by atoms with Crippen LogP contribution in [0.2, 0.25) is 0 Å². The maximum atomic E-state index is 10.3. The molecule has 4 N–H and O–H groups in total. The second kappa shape index (κ2) is 4.51. The minimum atomic E-state index is -0.601. The summed E-state index contributed by atoms with van der Waals surface area (Å²) in [6, 6.07) is 2.20. The molecule has 1 aliphatic rings. The van der Waals surface area contributed by atoms with Gasteiger partial charge in [-0.25, -0.2) is 9.97 Å². The van der Waals surface area contributed by atoms with Crippen molar-refractivity contribution in [1.82, 2.24) is 9.97 Å². The Labute approximate surface area is 76.2 Å². The summed E-state index contributed by atoms with van der Waals surface area (Å²) in [5.41, 5.74) is 10.1. The first-order chi connectivity index (χ1) is 6.20. The Hall–Kier alpha value is -1.49. The van der Waals surface area contributed by atoms with Gasteiger partial charge in [0.2, 0.25) is 5.82 Å². The third-order valence-corrected chi connectivity index (χ3v) is 1.41. The van der Waals surface area contributed by atoms with Gasteiger partial charge in [0, 0.05) is 18.4 Å². The lowest BCUT2D eigenvalue weighted by Crippen LogP contribution is -2.14. The summed E-state index contributed by atoms with van der Waals surface area (Å²) >= 11 is 0. The summed E-state index contributed by atoms with van der Waals surface area (Å²) in [6.07, 6.45) is 5.46. The Morgan fingerprint density at radius 1 is 1.38 bits per heavy atom. The molecule has 2 rings (SSSR count). The molecule has 1 aromatic rings. The second-order valence-electron chi connectivity index (χ2n) is 2.77. The molecule has 5 nitrogen and oxygen atoms in total. The van der Waals surface area contributed by atoms with Crippen LogP contribution in [0.15, 0.2) is 18.5 Å². The second-order valence-corrected chi connectivity index (χ2v) is 2.77. The maximum absolute atomic E-state index is 10.3. The first-order valence-electron chi connectivity index (χ1n) is 4.02. The number of primary amides is 1. The number of rotatable bonds is 1. The van der Waals surface area contributed by atoms with Crippen molar-refractivity contribution < 1.29 is 4.79 Å². The van der Waals surface area contributed by atoms with Gasteiger partial charge >= 0.3 is 0 Å².